The number of aliphatic hydroxyl groups excluding tert-OH is 1. The summed E-state index contributed by atoms with van der Waals surface area (Å²) in [5.41, 5.74) is 2.15. The second kappa shape index (κ2) is 54.2. The number of hydrogen-bond donors (Lipinski definition) is 4. The highest BCUT2D eigenvalue weighted by Crippen LogP contribution is 2.29. The zero-order valence-corrected chi connectivity index (χ0v) is 59.7. The van der Waals surface area contributed by atoms with Crippen molar-refractivity contribution in [1.82, 2.24) is 16.0 Å². The van der Waals surface area contributed by atoms with E-state index in [1.54, 1.807) is 48.5 Å². The standard InChI is InChI=1S/C79H121N3O16/c1-4-7-10-13-16-19-21-24-27-30-42-51-69(84)81-66(53-54-71(86)92-58-62-44-35-32-36-45-62)78(91)95-61-67-76(90)77(98-74(89)57-80-68(83)50-41-29-26-23-18-15-12-9-6-3)75(82-70(85)52-43-31-28-25-22-20-17-14-11-8-5-2)79(97-67)96-65(55-72(87)93-59-63-46-37-33-38-47-63)56-73(88)94-60-64-48-39-34-40-49-64/h32-40,44-49,65-67,75-77,79,90H,4-31,41-43,50-61H2,1-3H3,(H,80,83)(H,81,84)(H,82,85)/t66-,67-,75-,76-,77-,79+/m1/s1. The fourth-order valence-electron chi connectivity index (χ4n) is 11.8. The molecular weight excluding hydrogens is 1250 g/mol. The molecule has 3 aromatic rings. The summed E-state index contributed by atoms with van der Waals surface area (Å²) in [6, 6.07) is 24.1. The van der Waals surface area contributed by atoms with Crippen LogP contribution in [0, 0.1) is 0 Å². The zero-order chi connectivity index (χ0) is 70.5. The van der Waals surface area contributed by atoms with Crippen molar-refractivity contribution in [1.29, 1.82) is 0 Å². The number of unbranched alkanes of at least 4 members (excludes halogenated alkanes) is 28. The van der Waals surface area contributed by atoms with Crippen molar-refractivity contribution in [3.05, 3.63) is 108 Å². The number of benzene rings is 3. The average Bonchev–Trinajstić information content (AvgIpc) is 0.790. The molecule has 1 aliphatic heterocycles. The quantitative estimate of drug-likeness (QED) is 0.0233. The molecule has 0 spiro atoms. The molecule has 3 aromatic carbocycles. The normalized spacial score (nSPS) is 16.2. The van der Waals surface area contributed by atoms with E-state index in [-0.39, 0.29) is 57.8 Å². The fourth-order valence-corrected chi connectivity index (χ4v) is 11.8. The number of aliphatic hydroxyl groups is 1. The first-order chi connectivity index (χ1) is 47.8. The molecule has 19 nitrogen and oxygen atoms in total. The van der Waals surface area contributed by atoms with Crippen molar-refractivity contribution in [2.45, 2.75) is 327 Å². The number of esters is 5. The number of hydrogen-bond acceptors (Lipinski definition) is 16. The van der Waals surface area contributed by atoms with E-state index in [1.165, 1.54) is 96.3 Å². The lowest BCUT2D eigenvalue weighted by Crippen LogP contribution is -2.66. The zero-order valence-electron chi connectivity index (χ0n) is 59.7. The number of nitrogens with one attached hydrogen (secondary N) is 3. The van der Waals surface area contributed by atoms with E-state index in [4.69, 9.17) is 33.2 Å². The third kappa shape index (κ3) is 39.8. The van der Waals surface area contributed by atoms with Gasteiger partial charge in [-0.05, 0) is 42.4 Å². The Balaban J connectivity index is 1.62. The molecule has 0 bridgehead atoms. The Morgan fingerprint density at radius 3 is 1.23 bits per heavy atom. The highest BCUT2D eigenvalue weighted by Gasteiger charge is 2.50. The van der Waals surface area contributed by atoms with Gasteiger partial charge < -0.3 is 54.2 Å². The first-order valence-electron chi connectivity index (χ1n) is 37.6. The Bertz CT molecular complexity index is 2570. The van der Waals surface area contributed by atoms with Gasteiger partial charge in [-0.2, -0.15) is 0 Å². The Labute approximate surface area is 585 Å². The van der Waals surface area contributed by atoms with Crippen molar-refractivity contribution < 1.29 is 76.6 Å². The summed E-state index contributed by atoms with van der Waals surface area (Å²) in [6.45, 7) is 5.00. The largest absolute Gasteiger partial charge is 0.461 e. The molecule has 1 aliphatic rings. The van der Waals surface area contributed by atoms with Crippen LogP contribution in [-0.4, -0.2) is 109 Å². The summed E-state index contributed by atoms with van der Waals surface area (Å²) in [5, 5.41) is 20.7. The third-order valence-electron chi connectivity index (χ3n) is 17.7. The number of ether oxygens (including phenoxy) is 7. The van der Waals surface area contributed by atoms with Crippen molar-refractivity contribution in [2.75, 3.05) is 13.2 Å². The number of carbonyl (C=O) groups excluding carboxylic acids is 8. The van der Waals surface area contributed by atoms with E-state index < -0.39 is 110 Å². The molecule has 0 radical (unpaired) electrons. The van der Waals surface area contributed by atoms with E-state index in [9.17, 15) is 43.5 Å². The topological polar surface area (TPSA) is 257 Å². The Morgan fingerprint density at radius 1 is 0.439 bits per heavy atom. The second-order valence-corrected chi connectivity index (χ2v) is 26.4. The molecule has 6 atom stereocenters. The predicted octanol–water partition coefficient (Wildman–Crippen LogP) is 15.1. The lowest BCUT2D eigenvalue weighted by molar-refractivity contribution is -0.286. The third-order valence-corrected chi connectivity index (χ3v) is 17.7. The van der Waals surface area contributed by atoms with Gasteiger partial charge in [-0.3, -0.25) is 33.6 Å². The van der Waals surface area contributed by atoms with Gasteiger partial charge in [-0.1, -0.05) is 292 Å². The molecule has 0 saturated carbocycles. The lowest BCUT2D eigenvalue weighted by atomic mass is 9.95. The first kappa shape index (κ1) is 83.7. The fraction of sp³-hybridized carbons (Fsp3) is 0.671. The van der Waals surface area contributed by atoms with Crippen LogP contribution in [0.4, 0.5) is 0 Å². The molecule has 1 fully saturated rings. The van der Waals surface area contributed by atoms with Crippen molar-refractivity contribution in [3.63, 3.8) is 0 Å². The van der Waals surface area contributed by atoms with Crippen LogP contribution in [0.5, 0.6) is 0 Å². The molecule has 3 amide bonds. The van der Waals surface area contributed by atoms with Gasteiger partial charge in [0.05, 0.1) is 18.9 Å². The lowest BCUT2D eigenvalue weighted by Gasteiger charge is -2.44. The molecule has 548 valence electrons. The van der Waals surface area contributed by atoms with Crippen LogP contribution in [-0.2, 0) is 91.3 Å². The summed E-state index contributed by atoms with van der Waals surface area (Å²) in [6.07, 6.45) is 23.3. The highest BCUT2D eigenvalue weighted by molar-refractivity contribution is 5.85. The molecule has 0 aliphatic carbocycles. The summed E-state index contributed by atoms with van der Waals surface area (Å²) >= 11 is 0. The molecule has 0 unspecified atom stereocenters. The van der Waals surface area contributed by atoms with Crippen LogP contribution in [0.25, 0.3) is 0 Å². The highest BCUT2D eigenvalue weighted by atomic mass is 16.7. The van der Waals surface area contributed by atoms with Gasteiger partial charge in [0.15, 0.2) is 12.4 Å². The number of amides is 3. The molecule has 19 heteroatoms. The Kier molecular flexibility index (Phi) is 46.3. The second-order valence-electron chi connectivity index (χ2n) is 26.4. The minimum atomic E-state index is -1.87. The SMILES string of the molecule is CCCCCCCCCCCCCC(=O)N[C@H]1[C@@H](OC(CC(=O)OCc2ccccc2)CC(=O)OCc2ccccc2)O[C@H](COC(=O)[C@@H](CCC(=O)OCc2ccccc2)NC(=O)CCCCCCCCCCCCC)[C@@H](O)[C@@H]1OC(=O)CNC(=O)CCCCCCCCCCC. The predicted molar refractivity (Wildman–Crippen MR) is 378 cm³/mol. The molecule has 0 aromatic heterocycles. The molecule has 1 heterocycles. The number of rotatable bonds is 57. The minimum absolute atomic E-state index is 0.0109. The van der Waals surface area contributed by atoms with E-state index in [2.05, 4.69) is 36.7 Å². The van der Waals surface area contributed by atoms with E-state index in [0.29, 0.717) is 30.4 Å². The Morgan fingerprint density at radius 2 is 0.816 bits per heavy atom. The maximum absolute atomic E-state index is 14.4. The maximum Gasteiger partial charge on any atom is 0.328 e. The Hall–Kier alpha value is -6.70. The van der Waals surface area contributed by atoms with Crippen LogP contribution < -0.4 is 16.0 Å². The van der Waals surface area contributed by atoms with Crippen molar-refractivity contribution >= 4 is 47.6 Å². The smallest absolute Gasteiger partial charge is 0.328 e. The van der Waals surface area contributed by atoms with E-state index in [0.717, 1.165) is 89.0 Å². The summed E-state index contributed by atoms with van der Waals surface area (Å²) in [5.74, 6) is -5.45. The van der Waals surface area contributed by atoms with Gasteiger partial charge in [-0.15, -0.1) is 0 Å². The first-order valence-corrected chi connectivity index (χ1v) is 37.6. The molecule has 98 heavy (non-hydrogen) atoms. The number of carbonyl (C=O) groups is 8. The van der Waals surface area contributed by atoms with Gasteiger partial charge in [0, 0.05) is 25.7 Å². The van der Waals surface area contributed by atoms with Gasteiger partial charge in [0.1, 0.15) is 57.3 Å². The van der Waals surface area contributed by atoms with Gasteiger partial charge in [0.2, 0.25) is 17.7 Å². The van der Waals surface area contributed by atoms with Crippen LogP contribution in [0.1, 0.15) is 281 Å². The molecule has 4 N–H and O–H groups in total. The van der Waals surface area contributed by atoms with Gasteiger partial charge >= 0.3 is 29.8 Å². The molecule has 4 rings (SSSR count). The summed E-state index contributed by atoms with van der Waals surface area (Å²) in [4.78, 5) is 110. The van der Waals surface area contributed by atoms with Crippen LogP contribution in [0.2, 0.25) is 0 Å². The van der Waals surface area contributed by atoms with Crippen LogP contribution >= 0.6 is 0 Å². The molecule has 1 saturated heterocycles. The van der Waals surface area contributed by atoms with Gasteiger partial charge in [-0.25, -0.2) is 4.79 Å². The van der Waals surface area contributed by atoms with E-state index >= 15 is 0 Å². The average molecular weight is 1370 g/mol. The van der Waals surface area contributed by atoms with Crippen molar-refractivity contribution in [3.8, 4) is 0 Å². The minimum Gasteiger partial charge on any atom is -0.461 e. The monoisotopic (exact) mass is 1370 g/mol. The summed E-state index contributed by atoms with van der Waals surface area (Å²) < 4.78 is 41.9. The molecular formula is C79H121N3O16. The van der Waals surface area contributed by atoms with Crippen molar-refractivity contribution in [2.24, 2.45) is 0 Å². The van der Waals surface area contributed by atoms with Crippen LogP contribution in [0.3, 0.4) is 0 Å². The van der Waals surface area contributed by atoms with Gasteiger partial charge in [0.25, 0.3) is 0 Å². The maximum atomic E-state index is 14.4. The van der Waals surface area contributed by atoms with E-state index in [1.807, 2.05) is 42.5 Å². The van der Waals surface area contributed by atoms with Crippen LogP contribution in [0.15, 0.2) is 91.0 Å². The summed E-state index contributed by atoms with van der Waals surface area (Å²) in [7, 11) is 0.